The van der Waals surface area contributed by atoms with E-state index >= 15 is 0 Å². The van der Waals surface area contributed by atoms with Crippen LogP contribution in [0.4, 0.5) is 17.1 Å². The van der Waals surface area contributed by atoms with Gasteiger partial charge in [0.15, 0.2) is 0 Å². The molecule has 0 aliphatic heterocycles. The smallest absolute Gasteiger partial charge is 0.135 e. The zero-order valence-electron chi connectivity index (χ0n) is 31.1. The van der Waals surface area contributed by atoms with Crippen LogP contribution >= 0.6 is 0 Å². The first-order valence-electron chi connectivity index (χ1n) is 19.4. The third-order valence-electron chi connectivity index (χ3n) is 11.2. The van der Waals surface area contributed by atoms with E-state index in [1.165, 1.54) is 38.6 Å². The Morgan fingerprint density at radius 1 is 0.351 bits per heavy atom. The van der Waals surface area contributed by atoms with Gasteiger partial charge in [-0.05, 0) is 88.5 Å². The summed E-state index contributed by atoms with van der Waals surface area (Å²) in [5, 5.41) is 4.61. The Hall–Kier alpha value is -7.62. The number of benzene rings is 9. The molecule has 0 amide bonds. The van der Waals surface area contributed by atoms with Crippen LogP contribution in [0, 0.1) is 0 Å². The Morgan fingerprint density at radius 3 is 1.65 bits per heavy atom. The van der Waals surface area contributed by atoms with E-state index in [9.17, 15) is 0 Å². The molecule has 57 heavy (non-hydrogen) atoms. The molecule has 3 heteroatoms. The zero-order valence-corrected chi connectivity index (χ0v) is 31.1. The third-order valence-corrected chi connectivity index (χ3v) is 11.2. The van der Waals surface area contributed by atoms with Crippen LogP contribution in [0.25, 0.3) is 82.8 Å². The molecule has 11 aromatic rings. The molecular weight excluding hydrogens is 693 g/mol. The van der Waals surface area contributed by atoms with E-state index in [0.29, 0.717) is 0 Å². The van der Waals surface area contributed by atoms with E-state index in [1.54, 1.807) is 0 Å². The molecule has 0 N–H and O–H groups in total. The van der Waals surface area contributed by atoms with Gasteiger partial charge in [-0.25, -0.2) is 0 Å². The lowest BCUT2D eigenvalue weighted by molar-refractivity contribution is 0.669. The van der Waals surface area contributed by atoms with Gasteiger partial charge in [-0.2, -0.15) is 0 Å². The summed E-state index contributed by atoms with van der Waals surface area (Å²) in [5.41, 5.74) is 15.6. The highest BCUT2D eigenvalue weighted by Gasteiger charge is 2.23. The summed E-state index contributed by atoms with van der Waals surface area (Å²) in [6, 6.07) is 78.2. The van der Waals surface area contributed by atoms with Gasteiger partial charge in [0.25, 0.3) is 0 Å². The predicted octanol–water partition coefficient (Wildman–Crippen LogP) is 15.2. The van der Waals surface area contributed by atoms with Crippen molar-refractivity contribution >= 4 is 60.8 Å². The van der Waals surface area contributed by atoms with Gasteiger partial charge in [-0.1, -0.05) is 158 Å². The molecule has 0 aliphatic rings. The number of nitrogens with zero attached hydrogens (tertiary/aromatic N) is 2. The SMILES string of the molecule is c1ccc(-c2ccc(-c3ccc(N(c4ccccc4-c4ccccc4)c4cccc5c4c4ccccc4n5-c4ccc5oc6ccccc6c5c4)cc3)cc2)cc1. The van der Waals surface area contributed by atoms with Crippen LogP contribution in [0.15, 0.2) is 223 Å². The summed E-state index contributed by atoms with van der Waals surface area (Å²) in [7, 11) is 0. The highest BCUT2D eigenvalue weighted by Crippen LogP contribution is 2.47. The molecule has 2 heterocycles. The maximum atomic E-state index is 6.24. The van der Waals surface area contributed by atoms with E-state index in [0.717, 1.165) is 61.3 Å². The molecule has 0 saturated heterocycles. The average molecular weight is 729 g/mol. The standard InChI is InChI=1S/C54H36N2O/c1-3-14-37(15-4-1)38-26-28-39(29-27-38)40-30-32-42(33-31-40)55(48-21-10-7-18-44(48)41-16-5-2-6-17-41)50-23-13-24-51-54(50)46-20-8-11-22-49(46)56(51)43-34-35-53-47(36-43)45-19-9-12-25-52(45)57-53/h1-36H. The van der Waals surface area contributed by atoms with Crippen LogP contribution in [0.5, 0.6) is 0 Å². The van der Waals surface area contributed by atoms with Crippen molar-refractivity contribution in [2.45, 2.75) is 0 Å². The first kappa shape index (κ1) is 32.8. The average Bonchev–Trinajstić information content (AvgIpc) is 3.83. The molecule has 0 fully saturated rings. The maximum absolute atomic E-state index is 6.24. The fourth-order valence-corrected chi connectivity index (χ4v) is 8.55. The van der Waals surface area contributed by atoms with Crippen molar-refractivity contribution in [2.24, 2.45) is 0 Å². The number of hydrogen-bond acceptors (Lipinski definition) is 2. The minimum Gasteiger partial charge on any atom is -0.456 e. The van der Waals surface area contributed by atoms with Gasteiger partial charge in [0.2, 0.25) is 0 Å². The molecule has 0 spiro atoms. The van der Waals surface area contributed by atoms with Crippen molar-refractivity contribution in [3.05, 3.63) is 218 Å². The molecule has 0 aliphatic carbocycles. The minimum atomic E-state index is 0.890. The van der Waals surface area contributed by atoms with E-state index in [2.05, 4.69) is 216 Å². The summed E-state index contributed by atoms with van der Waals surface area (Å²) in [5.74, 6) is 0. The van der Waals surface area contributed by atoms with Crippen LogP contribution in [-0.2, 0) is 0 Å². The van der Waals surface area contributed by atoms with Gasteiger partial charge >= 0.3 is 0 Å². The fourth-order valence-electron chi connectivity index (χ4n) is 8.55. The van der Waals surface area contributed by atoms with E-state index in [4.69, 9.17) is 4.42 Å². The van der Waals surface area contributed by atoms with Gasteiger partial charge in [-0.15, -0.1) is 0 Å². The highest BCUT2D eigenvalue weighted by atomic mass is 16.3. The van der Waals surface area contributed by atoms with Gasteiger partial charge in [0.1, 0.15) is 11.2 Å². The minimum absolute atomic E-state index is 0.890. The largest absolute Gasteiger partial charge is 0.456 e. The number of para-hydroxylation sites is 3. The van der Waals surface area contributed by atoms with Crippen molar-refractivity contribution in [2.75, 3.05) is 4.90 Å². The maximum Gasteiger partial charge on any atom is 0.135 e. The number of rotatable bonds is 7. The number of aromatic nitrogens is 1. The van der Waals surface area contributed by atoms with Crippen LogP contribution in [0.2, 0.25) is 0 Å². The lowest BCUT2D eigenvalue weighted by Gasteiger charge is -2.29. The molecule has 11 rings (SSSR count). The lowest BCUT2D eigenvalue weighted by atomic mass is 9.99. The Kier molecular flexibility index (Phi) is 7.82. The second kappa shape index (κ2) is 13.6. The van der Waals surface area contributed by atoms with Gasteiger partial charge in [0.05, 0.1) is 22.4 Å². The summed E-state index contributed by atoms with van der Waals surface area (Å²) >= 11 is 0. The zero-order chi connectivity index (χ0) is 37.7. The predicted molar refractivity (Wildman–Crippen MR) is 239 cm³/mol. The molecule has 0 saturated carbocycles. The first-order chi connectivity index (χ1) is 28.3. The quantitative estimate of drug-likeness (QED) is 0.163. The van der Waals surface area contributed by atoms with Crippen molar-refractivity contribution < 1.29 is 4.42 Å². The Balaban J connectivity index is 1.11. The van der Waals surface area contributed by atoms with Crippen molar-refractivity contribution in [3.63, 3.8) is 0 Å². The molecule has 0 bridgehead atoms. The first-order valence-corrected chi connectivity index (χ1v) is 19.4. The molecular formula is C54H36N2O. The second-order valence-electron chi connectivity index (χ2n) is 14.5. The van der Waals surface area contributed by atoms with Crippen molar-refractivity contribution in [3.8, 4) is 39.1 Å². The number of anilines is 3. The summed E-state index contributed by atoms with van der Waals surface area (Å²) in [6.45, 7) is 0. The second-order valence-corrected chi connectivity index (χ2v) is 14.5. The summed E-state index contributed by atoms with van der Waals surface area (Å²) in [6.07, 6.45) is 0. The van der Waals surface area contributed by atoms with Crippen molar-refractivity contribution in [1.82, 2.24) is 4.57 Å². The Bertz CT molecular complexity index is 3210. The Morgan fingerprint density at radius 2 is 0.895 bits per heavy atom. The third kappa shape index (κ3) is 5.60. The Labute approximate surface area is 330 Å². The molecule has 3 nitrogen and oxygen atoms in total. The van der Waals surface area contributed by atoms with Crippen molar-refractivity contribution in [1.29, 1.82) is 0 Å². The molecule has 2 aromatic heterocycles. The highest BCUT2D eigenvalue weighted by molar-refractivity contribution is 6.17. The lowest BCUT2D eigenvalue weighted by Crippen LogP contribution is -2.11. The van der Waals surface area contributed by atoms with Crippen LogP contribution in [0.1, 0.15) is 0 Å². The van der Waals surface area contributed by atoms with E-state index in [-0.39, 0.29) is 0 Å². The molecule has 0 atom stereocenters. The molecule has 0 unspecified atom stereocenters. The number of furan rings is 1. The molecule has 9 aromatic carbocycles. The number of fused-ring (bicyclic) bond motifs is 6. The number of hydrogen-bond donors (Lipinski definition) is 0. The molecule has 268 valence electrons. The van der Waals surface area contributed by atoms with Crippen LogP contribution < -0.4 is 4.90 Å². The normalized spacial score (nSPS) is 11.5. The fraction of sp³-hybridized carbons (Fsp3) is 0. The van der Waals surface area contributed by atoms with Gasteiger partial charge in [0, 0.05) is 38.5 Å². The summed E-state index contributed by atoms with van der Waals surface area (Å²) in [4.78, 5) is 2.44. The topological polar surface area (TPSA) is 21.3 Å². The summed E-state index contributed by atoms with van der Waals surface area (Å²) < 4.78 is 8.64. The van der Waals surface area contributed by atoms with E-state index in [1.807, 2.05) is 12.1 Å². The van der Waals surface area contributed by atoms with E-state index < -0.39 is 0 Å². The van der Waals surface area contributed by atoms with Gasteiger partial charge in [-0.3, -0.25) is 0 Å². The monoisotopic (exact) mass is 728 g/mol. The van der Waals surface area contributed by atoms with Gasteiger partial charge < -0.3 is 13.9 Å². The van der Waals surface area contributed by atoms with Crippen LogP contribution in [0.3, 0.4) is 0 Å². The van der Waals surface area contributed by atoms with Crippen LogP contribution in [-0.4, -0.2) is 4.57 Å². The molecule has 0 radical (unpaired) electrons.